The van der Waals surface area contributed by atoms with E-state index >= 15 is 0 Å². The van der Waals surface area contributed by atoms with Gasteiger partial charge in [0, 0.05) is 6.20 Å². The van der Waals surface area contributed by atoms with Crippen molar-refractivity contribution in [2.75, 3.05) is 30.0 Å². The number of rotatable bonds is 15. The number of aromatic nitrogens is 1. The van der Waals surface area contributed by atoms with E-state index in [1.165, 1.54) is 0 Å². The quantitative estimate of drug-likeness (QED) is 0.0752. The van der Waals surface area contributed by atoms with Gasteiger partial charge in [0.25, 0.3) is 11.8 Å². The highest BCUT2D eigenvalue weighted by Gasteiger charge is 2.42. The third kappa shape index (κ3) is 9.95. The fraction of sp³-hybridized carbons (Fsp3) is 0.366. The minimum atomic E-state index is -0.882. The number of nitrogens with zero attached hydrogens (tertiary/aromatic N) is 3. The lowest BCUT2D eigenvalue weighted by atomic mass is 10.0. The number of fused-ring (bicyclic) bond motifs is 1. The summed E-state index contributed by atoms with van der Waals surface area (Å²) in [5.74, 6) is 0.274. The van der Waals surface area contributed by atoms with Crippen molar-refractivity contribution < 1.29 is 33.6 Å². The summed E-state index contributed by atoms with van der Waals surface area (Å²) >= 11 is 0. The van der Waals surface area contributed by atoms with E-state index in [9.17, 15) is 14.4 Å². The molecule has 1 N–H and O–H groups in total. The average Bonchev–Trinajstić information content (AvgIpc) is 3.21. The Kier molecular flexibility index (Phi) is 13.0. The Morgan fingerprint density at radius 2 is 1.63 bits per heavy atom. The molecule has 0 spiro atoms. The van der Waals surface area contributed by atoms with Crippen molar-refractivity contribution in [1.29, 1.82) is 0 Å². The molecule has 3 aromatic carbocycles. The van der Waals surface area contributed by atoms with E-state index in [2.05, 4.69) is 10.3 Å². The second-order valence-corrected chi connectivity index (χ2v) is 13.6. The SMILES string of the molecule is CCOOCC(C)N1C(=O)c2cc(CCCCOc3cccnc3NC(=O)OC(C)(C)C)ccc2N(Cc2ccccc2)C(=O)C1c1ccccc1. The molecule has 274 valence electrons. The molecule has 2 atom stereocenters. The minimum Gasteiger partial charge on any atom is -0.490 e. The van der Waals surface area contributed by atoms with Gasteiger partial charge in [-0.25, -0.2) is 19.6 Å². The number of anilines is 2. The van der Waals surface area contributed by atoms with Crippen LogP contribution >= 0.6 is 0 Å². The van der Waals surface area contributed by atoms with E-state index in [-0.39, 0.29) is 24.2 Å². The summed E-state index contributed by atoms with van der Waals surface area (Å²) in [6.07, 6.45) is 3.12. The van der Waals surface area contributed by atoms with E-state index < -0.39 is 23.8 Å². The van der Waals surface area contributed by atoms with Crippen LogP contribution in [-0.4, -0.2) is 59.3 Å². The number of ether oxygens (including phenoxy) is 2. The fourth-order valence-electron chi connectivity index (χ4n) is 6.03. The van der Waals surface area contributed by atoms with E-state index in [1.807, 2.05) is 92.7 Å². The predicted octanol–water partition coefficient (Wildman–Crippen LogP) is 7.92. The van der Waals surface area contributed by atoms with Crippen molar-refractivity contribution in [3.8, 4) is 5.75 Å². The topological polar surface area (TPSA) is 120 Å². The molecule has 0 aliphatic carbocycles. The molecule has 52 heavy (non-hydrogen) atoms. The lowest BCUT2D eigenvalue weighted by Gasteiger charge is -2.35. The van der Waals surface area contributed by atoms with Gasteiger partial charge in [-0.1, -0.05) is 66.7 Å². The molecule has 1 aliphatic heterocycles. The van der Waals surface area contributed by atoms with Crippen LogP contribution in [-0.2, 0) is 32.3 Å². The zero-order chi connectivity index (χ0) is 37.1. The smallest absolute Gasteiger partial charge is 0.413 e. The van der Waals surface area contributed by atoms with Crippen molar-refractivity contribution in [3.05, 3.63) is 119 Å². The van der Waals surface area contributed by atoms with Crippen LogP contribution in [0.4, 0.5) is 16.3 Å². The van der Waals surface area contributed by atoms with Crippen LogP contribution in [0.15, 0.2) is 97.2 Å². The van der Waals surface area contributed by atoms with E-state index in [0.29, 0.717) is 55.2 Å². The molecule has 0 saturated carbocycles. The van der Waals surface area contributed by atoms with Gasteiger partial charge in [-0.2, -0.15) is 0 Å². The first-order chi connectivity index (χ1) is 25.1. The lowest BCUT2D eigenvalue weighted by Crippen LogP contribution is -2.47. The largest absolute Gasteiger partial charge is 0.490 e. The van der Waals surface area contributed by atoms with Gasteiger partial charge in [0.05, 0.1) is 37.1 Å². The Bertz CT molecular complexity index is 1800. The Hall–Kier alpha value is -5.26. The van der Waals surface area contributed by atoms with Crippen LogP contribution in [0.2, 0.25) is 0 Å². The highest BCUT2D eigenvalue weighted by Crippen LogP contribution is 2.37. The first-order valence-electron chi connectivity index (χ1n) is 17.7. The number of carbonyl (C=O) groups excluding carboxylic acids is 3. The maximum atomic E-state index is 14.7. The second-order valence-electron chi connectivity index (χ2n) is 13.6. The summed E-state index contributed by atoms with van der Waals surface area (Å²) in [6.45, 7) is 10.2. The zero-order valence-corrected chi connectivity index (χ0v) is 30.5. The van der Waals surface area contributed by atoms with Crippen LogP contribution in [0.5, 0.6) is 5.75 Å². The molecule has 1 aromatic heterocycles. The molecule has 1 aliphatic rings. The van der Waals surface area contributed by atoms with Crippen molar-refractivity contribution >= 4 is 29.4 Å². The number of hydrogen-bond donors (Lipinski definition) is 1. The molecule has 0 fully saturated rings. The van der Waals surface area contributed by atoms with Gasteiger partial charge in [0.2, 0.25) is 0 Å². The molecule has 11 nitrogen and oxygen atoms in total. The number of hydrogen-bond acceptors (Lipinski definition) is 8. The fourth-order valence-corrected chi connectivity index (χ4v) is 6.03. The van der Waals surface area contributed by atoms with Crippen LogP contribution < -0.4 is 15.0 Å². The molecule has 0 bridgehead atoms. The highest BCUT2D eigenvalue weighted by atomic mass is 17.2. The number of amides is 3. The molecule has 2 heterocycles. The molecule has 11 heteroatoms. The van der Waals surface area contributed by atoms with Gasteiger partial charge in [0.1, 0.15) is 18.2 Å². The number of carbonyl (C=O) groups is 3. The van der Waals surface area contributed by atoms with Crippen LogP contribution in [0.3, 0.4) is 0 Å². The molecule has 4 aromatic rings. The summed E-state index contributed by atoms with van der Waals surface area (Å²) < 4.78 is 11.3. The summed E-state index contributed by atoms with van der Waals surface area (Å²) in [4.78, 5) is 59.9. The number of pyridine rings is 1. The number of aryl methyl sites for hydroxylation is 1. The van der Waals surface area contributed by atoms with Gasteiger partial charge >= 0.3 is 6.09 Å². The molecule has 0 radical (unpaired) electrons. The van der Waals surface area contributed by atoms with E-state index in [1.54, 1.807) is 48.9 Å². The molecule has 0 saturated heterocycles. The van der Waals surface area contributed by atoms with E-state index in [4.69, 9.17) is 19.2 Å². The standard InChI is InChI=1S/C41H48N4O7/c1-6-50-51-28-29(2)45-36(32-19-11-8-12-20-32)39(47)44(27-31-17-9-7-10-18-31)34-23-22-30(26-33(34)38(45)46)16-13-14-25-49-35-21-15-24-42-37(35)43-40(48)52-41(3,4)5/h7-12,15,17-24,26,29,36H,6,13-14,16,25,27-28H2,1-5H3,(H,42,43,48). The van der Waals surface area contributed by atoms with Crippen molar-refractivity contribution in [2.24, 2.45) is 0 Å². The zero-order valence-electron chi connectivity index (χ0n) is 30.5. The Morgan fingerprint density at radius 3 is 2.35 bits per heavy atom. The van der Waals surface area contributed by atoms with Gasteiger partial charge in [-0.3, -0.25) is 14.9 Å². The summed E-state index contributed by atoms with van der Waals surface area (Å²) in [7, 11) is 0. The van der Waals surface area contributed by atoms with Gasteiger partial charge in [-0.15, -0.1) is 0 Å². The molecular formula is C41H48N4O7. The van der Waals surface area contributed by atoms with Crippen LogP contribution in [0.25, 0.3) is 0 Å². The summed E-state index contributed by atoms with van der Waals surface area (Å²) in [5.41, 5.74) is 3.00. The van der Waals surface area contributed by atoms with Crippen molar-refractivity contribution in [3.63, 3.8) is 0 Å². The normalized spacial score (nSPS) is 15.1. The minimum absolute atomic E-state index is 0.0931. The maximum absolute atomic E-state index is 14.7. The first-order valence-corrected chi connectivity index (χ1v) is 17.7. The average molecular weight is 709 g/mol. The Balaban J connectivity index is 1.36. The van der Waals surface area contributed by atoms with Crippen molar-refractivity contribution in [2.45, 2.75) is 78.1 Å². The number of benzene rings is 3. The number of nitrogens with one attached hydrogen (secondary N) is 1. The predicted molar refractivity (Wildman–Crippen MR) is 199 cm³/mol. The Labute approximate surface area is 305 Å². The molecular weight excluding hydrogens is 660 g/mol. The number of unbranched alkanes of at least 4 members (excludes halogenated alkanes) is 1. The van der Waals surface area contributed by atoms with Gasteiger partial charge in [-0.05, 0) is 94.8 Å². The molecule has 2 unspecified atom stereocenters. The van der Waals surface area contributed by atoms with Crippen LogP contribution in [0, 0.1) is 0 Å². The Morgan fingerprint density at radius 1 is 0.904 bits per heavy atom. The third-order valence-electron chi connectivity index (χ3n) is 8.39. The lowest BCUT2D eigenvalue weighted by molar-refractivity contribution is -0.296. The maximum Gasteiger partial charge on any atom is 0.413 e. The monoisotopic (exact) mass is 708 g/mol. The first kappa shape index (κ1) is 38.0. The van der Waals surface area contributed by atoms with Gasteiger partial charge in [0.15, 0.2) is 11.6 Å². The van der Waals surface area contributed by atoms with Crippen molar-refractivity contribution in [1.82, 2.24) is 9.88 Å². The van der Waals surface area contributed by atoms with Crippen LogP contribution in [0.1, 0.15) is 80.6 Å². The molecule has 3 amide bonds. The second kappa shape index (κ2) is 17.8. The highest BCUT2D eigenvalue weighted by molar-refractivity contribution is 6.11. The summed E-state index contributed by atoms with van der Waals surface area (Å²) in [6, 6.07) is 27.1. The summed E-state index contributed by atoms with van der Waals surface area (Å²) in [5, 5.41) is 2.66. The third-order valence-corrected chi connectivity index (χ3v) is 8.39. The molecule has 5 rings (SSSR count). The van der Waals surface area contributed by atoms with Gasteiger partial charge < -0.3 is 19.3 Å². The van der Waals surface area contributed by atoms with E-state index in [0.717, 1.165) is 17.5 Å².